The van der Waals surface area contributed by atoms with Gasteiger partial charge in [-0.3, -0.25) is 0 Å². The zero-order valence-corrected chi connectivity index (χ0v) is 14.5. The van der Waals surface area contributed by atoms with E-state index in [0.717, 1.165) is 18.0 Å². The predicted octanol–water partition coefficient (Wildman–Crippen LogP) is 2.74. The van der Waals surface area contributed by atoms with Crippen LogP contribution in [0.15, 0.2) is 40.4 Å². The van der Waals surface area contributed by atoms with E-state index in [1.807, 2.05) is 10.7 Å². The van der Waals surface area contributed by atoms with E-state index < -0.39 is 9.84 Å². The molecule has 3 rings (SSSR count). The van der Waals surface area contributed by atoms with Crippen LogP contribution in [0.1, 0.15) is 38.1 Å². The van der Waals surface area contributed by atoms with E-state index in [4.69, 9.17) is 0 Å². The average molecular weight is 352 g/mol. The maximum atomic E-state index is 12.2. The van der Waals surface area contributed by atoms with Crippen LogP contribution in [-0.2, 0) is 9.84 Å². The highest BCUT2D eigenvalue weighted by molar-refractivity contribution is 7.99. The number of nitrogens with zero attached hydrogens (tertiary/aromatic N) is 4. The van der Waals surface area contributed by atoms with Crippen LogP contribution in [0.2, 0.25) is 0 Å². The fraction of sp³-hybridized carbons (Fsp3) is 0.533. The SMILES string of the molecule is O=S(=O)(CCCSc1nnnn1C1CCCC1)c1ccccc1. The van der Waals surface area contributed by atoms with Crippen molar-refractivity contribution in [2.75, 3.05) is 11.5 Å². The third kappa shape index (κ3) is 4.11. The zero-order valence-electron chi connectivity index (χ0n) is 12.8. The topological polar surface area (TPSA) is 77.7 Å². The summed E-state index contributed by atoms with van der Waals surface area (Å²) in [6.07, 6.45) is 5.29. The molecule has 8 heteroatoms. The van der Waals surface area contributed by atoms with E-state index in [1.54, 1.807) is 24.3 Å². The van der Waals surface area contributed by atoms with Gasteiger partial charge < -0.3 is 0 Å². The van der Waals surface area contributed by atoms with Gasteiger partial charge in [-0.05, 0) is 41.8 Å². The number of rotatable bonds is 7. The van der Waals surface area contributed by atoms with Crippen molar-refractivity contribution < 1.29 is 8.42 Å². The van der Waals surface area contributed by atoms with Crippen molar-refractivity contribution in [1.82, 2.24) is 20.2 Å². The number of sulfone groups is 1. The van der Waals surface area contributed by atoms with Crippen LogP contribution in [0, 0.1) is 0 Å². The summed E-state index contributed by atoms with van der Waals surface area (Å²) in [6, 6.07) is 9.00. The molecule has 0 aliphatic heterocycles. The summed E-state index contributed by atoms with van der Waals surface area (Å²) in [7, 11) is -3.20. The summed E-state index contributed by atoms with van der Waals surface area (Å²) in [5.74, 6) is 0.841. The molecular weight excluding hydrogens is 332 g/mol. The first-order chi connectivity index (χ1) is 11.2. The first-order valence-corrected chi connectivity index (χ1v) is 10.5. The third-order valence-electron chi connectivity index (χ3n) is 4.02. The van der Waals surface area contributed by atoms with E-state index in [-0.39, 0.29) is 5.75 Å². The van der Waals surface area contributed by atoms with E-state index in [2.05, 4.69) is 15.5 Å². The van der Waals surface area contributed by atoms with Crippen LogP contribution in [-0.4, -0.2) is 40.1 Å². The monoisotopic (exact) mass is 352 g/mol. The molecule has 0 bridgehead atoms. The Balaban J connectivity index is 1.52. The van der Waals surface area contributed by atoms with Crippen LogP contribution >= 0.6 is 11.8 Å². The number of aromatic nitrogens is 4. The van der Waals surface area contributed by atoms with Crippen LogP contribution in [0.5, 0.6) is 0 Å². The third-order valence-corrected chi connectivity index (χ3v) is 6.86. The van der Waals surface area contributed by atoms with Crippen molar-refractivity contribution in [2.24, 2.45) is 0 Å². The van der Waals surface area contributed by atoms with Crippen LogP contribution in [0.25, 0.3) is 0 Å². The molecule has 0 amide bonds. The van der Waals surface area contributed by atoms with E-state index in [0.29, 0.717) is 23.1 Å². The Hall–Kier alpha value is -1.41. The molecule has 1 saturated carbocycles. The molecule has 0 N–H and O–H groups in total. The fourth-order valence-electron chi connectivity index (χ4n) is 2.82. The van der Waals surface area contributed by atoms with Gasteiger partial charge >= 0.3 is 0 Å². The summed E-state index contributed by atoms with van der Waals surface area (Å²) in [4.78, 5) is 0.390. The molecule has 6 nitrogen and oxygen atoms in total. The molecule has 1 aromatic carbocycles. The first-order valence-electron chi connectivity index (χ1n) is 7.85. The molecule has 124 valence electrons. The summed E-state index contributed by atoms with van der Waals surface area (Å²) in [5.41, 5.74) is 0. The largest absolute Gasteiger partial charge is 0.224 e. The molecule has 1 aromatic heterocycles. The van der Waals surface area contributed by atoms with Crippen molar-refractivity contribution in [3.8, 4) is 0 Å². The van der Waals surface area contributed by atoms with Crippen molar-refractivity contribution in [3.05, 3.63) is 30.3 Å². The van der Waals surface area contributed by atoms with Crippen molar-refractivity contribution >= 4 is 21.6 Å². The second kappa shape index (κ2) is 7.44. The van der Waals surface area contributed by atoms with Gasteiger partial charge in [-0.1, -0.05) is 42.8 Å². The molecule has 1 aliphatic carbocycles. The van der Waals surface area contributed by atoms with Crippen molar-refractivity contribution in [1.29, 1.82) is 0 Å². The lowest BCUT2D eigenvalue weighted by Gasteiger charge is -2.10. The quantitative estimate of drug-likeness (QED) is 0.563. The molecule has 1 heterocycles. The second-order valence-electron chi connectivity index (χ2n) is 5.68. The number of thioether (sulfide) groups is 1. The normalized spacial score (nSPS) is 16.0. The van der Waals surface area contributed by atoms with Gasteiger partial charge in [-0.25, -0.2) is 13.1 Å². The Kier molecular flexibility index (Phi) is 5.32. The first kappa shape index (κ1) is 16.4. The molecule has 2 aromatic rings. The molecule has 0 saturated heterocycles. The Morgan fingerprint density at radius 2 is 1.91 bits per heavy atom. The lowest BCUT2D eigenvalue weighted by atomic mass is 10.3. The zero-order chi connectivity index (χ0) is 16.1. The highest BCUT2D eigenvalue weighted by atomic mass is 32.2. The lowest BCUT2D eigenvalue weighted by Crippen LogP contribution is -2.10. The Morgan fingerprint density at radius 1 is 1.17 bits per heavy atom. The van der Waals surface area contributed by atoms with E-state index >= 15 is 0 Å². The Morgan fingerprint density at radius 3 is 2.65 bits per heavy atom. The minimum absolute atomic E-state index is 0.148. The molecule has 1 fully saturated rings. The summed E-state index contributed by atoms with van der Waals surface area (Å²) >= 11 is 1.54. The van der Waals surface area contributed by atoms with Crippen LogP contribution in [0.4, 0.5) is 0 Å². The van der Waals surface area contributed by atoms with Crippen molar-refractivity contribution in [3.63, 3.8) is 0 Å². The van der Waals surface area contributed by atoms with Crippen molar-refractivity contribution in [2.45, 2.75) is 48.2 Å². The molecule has 0 spiro atoms. The number of tetrazole rings is 1. The van der Waals surface area contributed by atoms with E-state index in [1.165, 1.54) is 24.6 Å². The van der Waals surface area contributed by atoms with Gasteiger partial charge in [0.2, 0.25) is 5.16 Å². The summed E-state index contributed by atoms with van der Waals surface area (Å²) in [6.45, 7) is 0. The van der Waals surface area contributed by atoms with E-state index in [9.17, 15) is 8.42 Å². The maximum absolute atomic E-state index is 12.2. The molecule has 0 unspecified atom stereocenters. The molecule has 23 heavy (non-hydrogen) atoms. The van der Waals surface area contributed by atoms with Crippen LogP contribution < -0.4 is 0 Å². The predicted molar refractivity (Wildman–Crippen MR) is 89.2 cm³/mol. The van der Waals surface area contributed by atoms with Gasteiger partial charge in [0.1, 0.15) is 0 Å². The molecule has 0 radical (unpaired) electrons. The average Bonchev–Trinajstić information content (AvgIpc) is 3.23. The Bertz CT molecular complexity index is 725. The van der Waals surface area contributed by atoms with Gasteiger partial charge in [0.25, 0.3) is 0 Å². The number of benzene rings is 1. The highest BCUT2D eigenvalue weighted by Crippen LogP contribution is 2.31. The second-order valence-corrected chi connectivity index (χ2v) is 8.85. The van der Waals surface area contributed by atoms with Gasteiger partial charge in [0.05, 0.1) is 16.7 Å². The Labute approximate surface area is 140 Å². The number of hydrogen-bond acceptors (Lipinski definition) is 6. The van der Waals surface area contributed by atoms with Gasteiger partial charge in [-0.2, -0.15) is 0 Å². The summed E-state index contributed by atoms with van der Waals surface area (Å²) in [5, 5.41) is 12.7. The minimum Gasteiger partial charge on any atom is -0.224 e. The van der Waals surface area contributed by atoms with Gasteiger partial charge in [-0.15, -0.1) is 5.10 Å². The maximum Gasteiger partial charge on any atom is 0.209 e. The fourth-order valence-corrected chi connectivity index (χ4v) is 5.21. The standard InChI is InChI=1S/C15H20N4O2S2/c20-23(21,14-9-2-1-3-10-14)12-6-11-22-15-16-17-18-19(15)13-7-4-5-8-13/h1-3,9-10,13H,4-8,11-12H2. The van der Waals surface area contributed by atoms with Crippen LogP contribution in [0.3, 0.4) is 0 Å². The molecular formula is C15H20N4O2S2. The van der Waals surface area contributed by atoms with Gasteiger partial charge in [0, 0.05) is 5.75 Å². The minimum atomic E-state index is -3.20. The smallest absolute Gasteiger partial charge is 0.209 e. The van der Waals surface area contributed by atoms with Gasteiger partial charge in [0.15, 0.2) is 9.84 Å². The summed E-state index contributed by atoms with van der Waals surface area (Å²) < 4.78 is 26.3. The molecule has 0 atom stereocenters. The lowest BCUT2D eigenvalue weighted by molar-refractivity contribution is 0.423. The highest BCUT2D eigenvalue weighted by Gasteiger charge is 2.21. The number of hydrogen-bond donors (Lipinski definition) is 0. The molecule has 1 aliphatic rings.